The molecule has 0 saturated carbocycles. The maximum Gasteiger partial charge on any atom is 0.306 e. The Morgan fingerprint density at radius 3 is 2.46 bits per heavy atom. The molecular formula is C8H15NO4. The first-order valence-electron chi connectivity index (χ1n) is 4.28. The Morgan fingerprint density at radius 2 is 2.00 bits per heavy atom. The summed E-state index contributed by atoms with van der Waals surface area (Å²) in [5.74, 6) is -0.268. The average Bonchev–Trinajstić information content (AvgIpc) is 2.42. The number of carbonyl (C=O) groups excluding carboxylic acids is 1. The predicted octanol–water partition coefficient (Wildman–Crippen LogP) is -1.41. The molecule has 2 atom stereocenters. The van der Waals surface area contributed by atoms with Gasteiger partial charge in [-0.2, -0.15) is 0 Å². The maximum atomic E-state index is 10.8. The molecule has 5 nitrogen and oxygen atoms in total. The van der Waals surface area contributed by atoms with Gasteiger partial charge in [0.2, 0.25) is 0 Å². The Hall–Kier alpha value is -0.650. The fraction of sp³-hybridized carbons (Fsp3) is 0.875. The fourth-order valence-electron chi connectivity index (χ4n) is 1.38. The third kappa shape index (κ3) is 2.95. The summed E-state index contributed by atoms with van der Waals surface area (Å²) in [7, 11) is 1.34. The summed E-state index contributed by atoms with van der Waals surface area (Å²) in [5, 5.41) is 18.4. The molecule has 0 radical (unpaired) electrons. The number of methoxy groups -OCH3 is 1. The van der Waals surface area contributed by atoms with Crippen LogP contribution < -0.4 is 0 Å². The summed E-state index contributed by atoms with van der Waals surface area (Å²) < 4.78 is 4.47. The van der Waals surface area contributed by atoms with Gasteiger partial charge in [-0.15, -0.1) is 0 Å². The van der Waals surface area contributed by atoms with Crippen molar-refractivity contribution in [1.29, 1.82) is 0 Å². The summed E-state index contributed by atoms with van der Waals surface area (Å²) in [6, 6.07) is 0. The minimum Gasteiger partial charge on any atom is -0.469 e. The number of ether oxygens (including phenoxy) is 1. The molecule has 0 amide bonds. The van der Waals surface area contributed by atoms with Gasteiger partial charge in [0, 0.05) is 19.6 Å². The van der Waals surface area contributed by atoms with Crippen molar-refractivity contribution in [2.45, 2.75) is 18.6 Å². The molecule has 1 saturated heterocycles. The lowest BCUT2D eigenvalue weighted by atomic mass is 10.3. The molecule has 5 heteroatoms. The molecule has 1 rings (SSSR count). The molecule has 0 unspecified atom stereocenters. The first-order valence-corrected chi connectivity index (χ1v) is 4.28. The van der Waals surface area contributed by atoms with E-state index >= 15 is 0 Å². The van der Waals surface area contributed by atoms with Crippen LogP contribution in [0.2, 0.25) is 0 Å². The Balaban J connectivity index is 2.20. The minimum atomic E-state index is -0.683. The molecule has 1 aliphatic rings. The Morgan fingerprint density at radius 1 is 1.46 bits per heavy atom. The Bertz CT molecular complexity index is 175. The number of aliphatic hydroxyl groups excluding tert-OH is 2. The van der Waals surface area contributed by atoms with Gasteiger partial charge in [-0.05, 0) is 0 Å². The van der Waals surface area contributed by atoms with Gasteiger partial charge >= 0.3 is 5.97 Å². The number of esters is 1. The number of likely N-dealkylation sites (tertiary alicyclic amines) is 1. The van der Waals surface area contributed by atoms with Crippen LogP contribution >= 0.6 is 0 Å². The van der Waals surface area contributed by atoms with Crippen molar-refractivity contribution in [1.82, 2.24) is 4.90 Å². The van der Waals surface area contributed by atoms with Crippen LogP contribution in [0.25, 0.3) is 0 Å². The molecule has 0 aromatic carbocycles. The van der Waals surface area contributed by atoms with Crippen LogP contribution in [-0.4, -0.2) is 60.0 Å². The van der Waals surface area contributed by atoms with Crippen LogP contribution in [0.4, 0.5) is 0 Å². The second-order valence-electron chi connectivity index (χ2n) is 3.22. The minimum absolute atomic E-state index is 0.268. The molecule has 2 N–H and O–H groups in total. The van der Waals surface area contributed by atoms with Crippen LogP contribution in [0, 0.1) is 0 Å². The van der Waals surface area contributed by atoms with E-state index in [1.165, 1.54) is 7.11 Å². The lowest BCUT2D eigenvalue weighted by Gasteiger charge is -2.12. The highest BCUT2D eigenvalue weighted by atomic mass is 16.5. The first-order chi connectivity index (χ1) is 6.13. The molecule has 0 aromatic rings. The molecule has 13 heavy (non-hydrogen) atoms. The van der Waals surface area contributed by atoms with E-state index in [2.05, 4.69) is 4.74 Å². The summed E-state index contributed by atoms with van der Waals surface area (Å²) in [6.07, 6.45) is -1.06. The smallest absolute Gasteiger partial charge is 0.306 e. The van der Waals surface area contributed by atoms with Crippen molar-refractivity contribution in [3.63, 3.8) is 0 Å². The van der Waals surface area contributed by atoms with Gasteiger partial charge in [-0.25, -0.2) is 0 Å². The number of β-amino-alcohol motifs (C(OH)–C–C–N with tert-alkyl or cyclic N) is 2. The molecule has 1 aliphatic heterocycles. The summed E-state index contributed by atoms with van der Waals surface area (Å²) >= 11 is 0. The number of carbonyl (C=O) groups is 1. The van der Waals surface area contributed by atoms with Gasteiger partial charge in [0.1, 0.15) is 0 Å². The van der Waals surface area contributed by atoms with E-state index in [-0.39, 0.29) is 5.97 Å². The Labute approximate surface area is 76.9 Å². The van der Waals surface area contributed by atoms with E-state index < -0.39 is 12.2 Å². The quantitative estimate of drug-likeness (QED) is 0.534. The summed E-state index contributed by atoms with van der Waals surface area (Å²) in [4.78, 5) is 12.6. The zero-order chi connectivity index (χ0) is 9.84. The lowest BCUT2D eigenvalue weighted by Crippen LogP contribution is -2.25. The normalized spacial score (nSPS) is 29.2. The average molecular weight is 189 g/mol. The van der Waals surface area contributed by atoms with Crippen LogP contribution in [0.5, 0.6) is 0 Å². The van der Waals surface area contributed by atoms with Crippen LogP contribution in [0.15, 0.2) is 0 Å². The maximum absolute atomic E-state index is 10.8. The highest BCUT2D eigenvalue weighted by Crippen LogP contribution is 2.09. The van der Waals surface area contributed by atoms with Crippen molar-refractivity contribution < 1.29 is 19.7 Å². The lowest BCUT2D eigenvalue weighted by molar-refractivity contribution is -0.140. The van der Waals surface area contributed by atoms with Gasteiger partial charge in [-0.1, -0.05) is 0 Å². The highest BCUT2D eigenvalue weighted by molar-refractivity contribution is 5.69. The molecule has 0 aromatic heterocycles. The number of hydrogen-bond donors (Lipinski definition) is 2. The van der Waals surface area contributed by atoms with E-state index in [9.17, 15) is 15.0 Å². The van der Waals surface area contributed by atoms with Crippen molar-refractivity contribution in [3.05, 3.63) is 0 Å². The van der Waals surface area contributed by atoms with E-state index in [1.807, 2.05) is 4.90 Å². The molecule has 1 fully saturated rings. The largest absolute Gasteiger partial charge is 0.469 e. The molecule has 76 valence electrons. The zero-order valence-corrected chi connectivity index (χ0v) is 7.64. The molecule has 0 bridgehead atoms. The van der Waals surface area contributed by atoms with Gasteiger partial charge in [0.25, 0.3) is 0 Å². The fourth-order valence-corrected chi connectivity index (χ4v) is 1.38. The topological polar surface area (TPSA) is 70.0 Å². The number of hydrogen-bond acceptors (Lipinski definition) is 5. The monoisotopic (exact) mass is 189 g/mol. The number of nitrogens with zero attached hydrogens (tertiary/aromatic N) is 1. The van der Waals surface area contributed by atoms with Crippen molar-refractivity contribution >= 4 is 5.97 Å². The standard InChI is InChI=1S/C8H15NO4/c1-13-8(12)2-3-9-4-6(10)7(11)5-9/h6-7,10-11H,2-5H2,1H3/t6-,7+. The van der Waals surface area contributed by atoms with Crippen LogP contribution in [0.1, 0.15) is 6.42 Å². The van der Waals surface area contributed by atoms with Crippen molar-refractivity contribution in [3.8, 4) is 0 Å². The molecular weight excluding hydrogens is 174 g/mol. The van der Waals surface area contributed by atoms with Gasteiger partial charge in [-0.3, -0.25) is 9.69 Å². The predicted molar refractivity (Wildman–Crippen MR) is 45.1 cm³/mol. The third-order valence-corrected chi connectivity index (χ3v) is 2.19. The molecule has 1 heterocycles. The molecule has 0 spiro atoms. The first kappa shape index (κ1) is 10.4. The summed E-state index contributed by atoms with van der Waals surface area (Å²) in [5.41, 5.74) is 0. The van der Waals surface area contributed by atoms with Gasteiger partial charge in [0.05, 0.1) is 25.7 Å². The number of rotatable bonds is 3. The van der Waals surface area contributed by atoms with Crippen LogP contribution in [-0.2, 0) is 9.53 Å². The van der Waals surface area contributed by atoms with Gasteiger partial charge < -0.3 is 14.9 Å². The SMILES string of the molecule is COC(=O)CCN1C[C@@H](O)[C@@H](O)C1. The number of aliphatic hydroxyl groups is 2. The zero-order valence-electron chi connectivity index (χ0n) is 7.64. The van der Waals surface area contributed by atoms with E-state index in [0.29, 0.717) is 26.1 Å². The van der Waals surface area contributed by atoms with E-state index in [1.54, 1.807) is 0 Å². The summed E-state index contributed by atoms with van der Waals surface area (Å²) in [6.45, 7) is 1.39. The van der Waals surface area contributed by atoms with E-state index in [0.717, 1.165) is 0 Å². The van der Waals surface area contributed by atoms with Crippen molar-refractivity contribution in [2.24, 2.45) is 0 Å². The van der Waals surface area contributed by atoms with Crippen LogP contribution in [0.3, 0.4) is 0 Å². The van der Waals surface area contributed by atoms with E-state index in [4.69, 9.17) is 0 Å². The second-order valence-corrected chi connectivity index (χ2v) is 3.22. The van der Waals surface area contributed by atoms with Gasteiger partial charge in [0.15, 0.2) is 0 Å². The molecule has 0 aliphatic carbocycles. The highest BCUT2D eigenvalue weighted by Gasteiger charge is 2.29. The Kier molecular flexibility index (Phi) is 3.65. The van der Waals surface area contributed by atoms with Crippen molar-refractivity contribution in [2.75, 3.05) is 26.7 Å². The third-order valence-electron chi connectivity index (χ3n) is 2.19. The second kappa shape index (κ2) is 4.55.